The van der Waals surface area contributed by atoms with Gasteiger partial charge in [0.15, 0.2) is 0 Å². The summed E-state index contributed by atoms with van der Waals surface area (Å²) in [7, 11) is 0. The number of hydrogen-bond acceptors (Lipinski definition) is 0. The molecule has 1 nitrogen and oxygen atoms in total. The minimum Gasteiger partial charge on any atom is -0.207 e. The van der Waals surface area contributed by atoms with Crippen LogP contribution in [0.25, 0.3) is 33.8 Å². The van der Waals surface area contributed by atoms with Gasteiger partial charge in [0.1, 0.15) is 6.15 Å². The van der Waals surface area contributed by atoms with Gasteiger partial charge in [-0.3, -0.25) is 0 Å². The Labute approximate surface area is 289 Å². The zero-order chi connectivity index (χ0) is 33.1. The average molecular weight is 629 g/mol. The lowest BCUT2D eigenvalue weighted by atomic mass is 9.13. The highest BCUT2D eigenvalue weighted by Gasteiger charge is 2.31. The van der Waals surface area contributed by atoms with Crippen LogP contribution < -0.4 is 21.9 Å². The Hall–Kier alpha value is -6.25. The fourth-order valence-electron chi connectivity index (χ4n) is 6.91. The molecule has 0 aliphatic heterocycles. The summed E-state index contributed by atoms with van der Waals surface area (Å²) in [5, 5.41) is 0. The Bertz CT molecular complexity index is 1870. The summed E-state index contributed by atoms with van der Waals surface area (Å²) in [6, 6.07) is 78.6. The molecule has 49 heavy (non-hydrogen) atoms. The van der Waals surface area contributed by atoms with Gasteiger partial charge >= 0.3 is 11.5 Å². The van der Waals surface area contributed by atoms with E-state index in [9.17, 15) is 0 Å². The highest BCUT2D eigenvalue weighted by atomic mass is 16.3. The minimum atomic E-state index is -1.22. The second-order valence-corrected chi connectivity index (χ2v) is 12.2. The molecule has 0 saturated heterocycles. The molecule has 0 aliphatic carbocycles. The van der Waals surface area contributed by atoms with E-state index in [1.807, 2.05) is 42.5 Å². The van der Waals surface area contributed by atoms with Crippen molar-refractivity contribution in [3.63, 3.8) is 0 Å². The average Bonchev–Trinajstić information content (AvgIpc) is 3.21. The van der Waals surface area contributed by atoms with Gasteiger partial charge in [0.2, 0.25) is 0 Å². The van der Waals surface area contributed by atoms with Crippen molar-refractivity contribution in [3.05, 3.63) is 224 Å². The van der Waals surface area contributed by atoms with Crippen molar-refractivity contribution in [1.29, 1.82) is 0 Å². The first-order valence-corrected chi connectivity index (χ1v) is 16.8. The van der Waals surface area contributed by atoms with Crippen LogP contribution in [0, 0.1) is 0 Å². The monoisotopic (exact) mass is 628 g/mol. The molecule has 0 atom stereocenters. The Morgan fingerprint density at radius 2 is 0.490 bits per heavy atom. The fraction of sp³-hybridized carbons (Fsp3) is 0. The van der Waals surface area contributed by atoms with Gasteiger partial charge in [0.05, 0.1) is 23.3 Å². The van der Waals surface area contributed by atoms with E-state index in [4.69, 9.17) is 4.42 Å². The van der Waals surface area contributed by atoms with Crippen molar-refractivity contribution < 1.29 is 4.42 Å². The van der Waals surface area contributed by atoms with Crippen LogP contribution in [-0.2, 0) is 0 Å². The molecule has 0 spiro atoms. The lowest BCUT2D eigenvalue weighted by Gasteiger charge is -2.44. The molecule has 1 aromatic heterocycles. The maximum absolute atomic E-state index is 6.21. The summed E-state index contributed by atoms with van der Waals surface area (Å²) in [5.74, 6) is 1.74. The zero-order valence-electron chi connectivity index (χ0n) is 27.3. The summed E-state index contributed by atoms with van der Waals surface area (Å²) in [5.41, 5.74) is 9.84. The summed E-state index contributed by atoms with van der Waals surface area (Å²) >= 11 is 0. The van der Waals surface area contributed by atoms with Crippen LogP contribution in [0.5, 0.6) is 0 Å². The fourth-order valence-corrected chi connectivity index (χ4v) is 6.91. The normalized spacial score (nSPS) is 10.9. The second kappa shape index (κ2) is 15.1. The lowest BCUT2D eigenvalue weighted by Crippen LogP contribution is -2.74. The molecular weight excluding hydrogens is 591 g/mol. The molecule has 0 radical (unpaired) electrons. The standard InChI is InChI=1S/C24H20B.C23H17O/c1-5-13-21(14-6-1)25(22-15-7-2-8-16-22,23-17-9-3-10-18-23)24-19-11-4-12-20-24;1-4-10-18(11-5-1)21-16-22(19-12-6-2-7-13-19)24-23(17-21)20-14-8-3-9-15-20/h1-20H;1-17H/q-1;+1. The van der Waals surface area contributed by atoms with Gasteiger partial charge in [-0.15, -0.1) is 0 Å². The third-order valence-corrected chi connectivity index (χ3v) is 9.22. The first kappa shape index (κ1) is 31.4. The predicted octanol–water partition coefficient (Wildman–Crippen LogP) is 9.63. The maximum Gasteiger partial charge on any atom is 0.361 e. The largest absolute Gasteiger partial charge is 0.361 e. The Morgan fingerprint density at radius 3 is 0.776 bits per heavy atom. The van der Waals surface area contributed by atoms with E-state index in [1.165, 1.54) is 27.4 Å². The number of benzene rings is 7. The molecule has 0 amide bonds. The van der Waals surface area contributed by atoms with Crippen LogP contribution in [0.4, 0.5) is 0 Å². The zero-order valence-corrected chi connectivity index (χ0v) is 27.3. The van der Waals surface area contributed by atoms with Crippen LogP contribution in [0.15, 0.2) is 229 Å². The van der Waals surface area contributed by atoms with Crippen LogP contribution >= 0.6 is 0 Å². The molecular formula is C47H37BO. The molecule has 0 fully saturated rings. The van der Waals surface area contributed by atoms with E-state index < -0.39 is 6.15 Å². The molecule has 0 bridgehead atoms. The molecule has 8 rings (SSSR count). The summed E-state index contributed by atoms with van der Waals surface area (Å²) in [6.45, 7) is 0. The van der Waals surface area contributed by atoms with Crippen molar-refractivity contribution in [1.82, 2.24) is 0 Å². The molecule has 2 heteroatoms. The summed E-state index contributed by atoms with van der Waals surface area (Å²) in [4.78, 5) is 0. The van der Waals surface area contributed by atoms with Crippen LogP contribution in [0.3, 0.4) is 0 Å². The number of rotatable bonds is 7. The minimum absolute atomic E-state index is 0.871. The van der Waals surface area contributed by atoms with E-state index in [0.717, 1.165) is 28.2 Å². The van der Waals surface area contributed by atoms with E-state index in [2.05, 4.69) is 182 Å². The highest BCUT2D eigenvalue weighted by Crippen LogP contribution is 2.32. The van der Waals surface area contributed by atoms with Gasteiger partial charge < -0.3 is 0 Å². The molecule has 234 valence electrons. The van der Waals surface area contributed by atoms with Crippen molar-refractivity contribution in [2.75, 3.05) is 0 Å². The number of hydrogen-bond donors (Lipinski definition) is 0. The van der Waals surface area contributed by atoms with Crippen molar-refractivity contribution in [2.24, 2.45) is 0 Å². The molecule has 0 aliphatic rings. The smallest absolute Gasteiger partial charge is 0.207 e. The Morgan fingerprint density at radius 1 is 0.245 bits per heavy atom. The van der Waals surface area contributed by atoms with Crippen LogP contribution in [-0.4, -0.2) is 6.15 Å². The first-order chi connectivity index (χ1) is 24.3. The van der Waals surface area contributed by atoms with E-state index >= 15 is 0 Å². The third-order valence-electron chi connectivity index (χ3n) is 9.22. The van der Waals surface area contributed by atoms with Gasteiger partial charge in [-0.25, -0.2) is 4.42 Å². The molecule has 0 saturated carbocycles. The second-order valence-electron chi connectivity index (χ2n) is 12.2. The van der Waals surface area contributed by atoms with E-state index in [1.54, 1.807) is 0 Å². The lowest BCUT2D eigenvalue weighted by molar-refractivity contribution is 0.582. The van der Waals surface area contributed by atoms with Crippen molar-refractivity contribution >= 4 is 28.0 Å². The van der Waals surface area contributed by atoms with E-state index in [0.29, 0.717) is 0 Å². The first-order valence-electron chi connectivity index (χ1n) is 16.8. The molecule has 0 unspecified atom stereocenters. The SMILES string of the molecule is c1ccc(-c2cc(-c3ccccc3)[o+]c(-c3ccccc3)c2)cc1.c1ccc([B-](c2ccccc2)(c2ccccc2)c2ccccc2)cc1. The quantitative estimate of drug-likeness (QED) is 0.126. The van der Waals surface area contributed by atoms with E-state index in [-0.39, 0.29) is 0 Å². The van der Waals surface area contributed by atoms with Gasteiger partial charge in [-0.2, -0.15) is 21.9 Å². The highest BCUT2D eigenvalue weighted by molar-refractivity contribution is 7.19. The molecule has 7 aromatic carbocycles. The topological polar surface area (TPSA) is 11.3 Å². The maximum atomic E-state index is 6.21. The van der Waals surface area contributed by atoms with Gasteiger partial charge in [-0.1, -0.05) is 188 Å². The third kappa shape index (κ3) is 6.91. The van der Waals surface area contributed by atoms with Gasteiger partial charge in [0, 0.05) is 5.56 Å². The summed E-state index contributed by atoms with van der Waals surface area (Å²) in [6.07, 6.45) is -1.22. The molecule has 1 heterocycles. The van der Waals surface area contributed by atoms with Crippen LogP contribution in [0.2, 0.25) is 0 Å². The molecule has 8 aromatic rings. The van der Waals surface area contributed by atoms with Gasteiger partial charge in [0.25, 0.3) is 0 Å². The van der Waals surface area contributed by atoms with Gasteiger partial charge in [-0.05, 0) is 29.8 Å². The Balaban J connectivity index is 0.000000154. The van der Waals surface area contributed by atoms with Crippen molar-refractivity contribution in [2.45, 2.75) is 0 Å². The van der Waals surface area contributed by atoms with Crippen LogP contribution in [0.1, 0.15) is 0 Å². The summed E-state index contributed by atoms with van der Waals surface area (Å²) < 4.78 is 6.21. The van der Waals surface area contributed by atoms with Crippen molar-refractivity contribution in [3.8, 4) is 33.8 Å². The predicted molar refractivity (Wildman–Crippen MR) is 209 cm³/mol. The Kier molecular flexibility index (Phi) is 9.67. The molecule has 0 N–H and O–H groups in total.